The fourth-order valence-electron chi connectivity index (χ4n) is 1.54. The number of carboxylic acids is 1. The zero-order valence-electron chi connectivity index (χ0n) is 10.6. The van der Waals surface area contributed by atoms with E-state index in [9.17, 15) is 4.79 Å². The Hall–Kier alpha value is -0.910. The summed E-state index contributed by atoms with van der Waals surface area (Å²) in [6, 6.07) is 4.15. The highest BCUT2D eigenvalue weighted by molar-refractivity contribution is 7.11. The predicted octanol–water partition coefficient (Wildman–Crippen LogP) is 1.50. The van der Waals surface area contributed by atoms with Crippen molar-refractivity contribution in [2.45, 2.75) is 13.5 Å². The zero-order chi connectivity index (χ0) is 12.8. The lowest BCUT2D eigenvalue weighted by Gasteiger charge is -2.21. The Morgan fingerprint density at radius 2 is 2.06 bits per heavy atom. The summed E-state index contributed by atoms with van der Waals surface area (Å²) < 4.78 is 0. The van der Waals surface area contributed by atoms with Gasteiger partial charge in [-0.25, -0.2) is 0 Å². The Morgan fingerprint density at radius 1 is 1.35 bits per heavy atom. The third-order valence-electron chi connectivity index (χ3n) is 2.40. The maximum Gasteiger partial charge on any atom is 0.317 e. The average Bonchev–Trinajstić information content (AvgIpc) is 2.59. The van der Waals surface area contributed by atoms with Crippen molar-refractivity contribution in [1.29, 1.82) is 0 Å². The molecule has 5 heteroatoms. The molecule has 1 heterocycles. The molecule has 0 radical (unpaired) electrons. The Labute approximate surface area is 106 Å². The first-order chi connectivity index (χ1) is 7.97. The molecule has 17 heavy (non-hydrogen) atoms. The van der Waals surface area contributed by atoms with Gasteiger partial charge >= 0.3 is 5.97 Å². The van der Waals surface area contributed by atoms with Gasteiger partial charge in [-0.2, -0.15) is 0 Å². The second-order valence-corrected chi connectivity index (χ2v) is 5.79. The van der Waals surface area contributed by atoms with Crippen molar-refractivity contribution in [3.05, 3.63) is 21.9 Å². The SMILES string of the molecule is Cc1ccc(CN(CCN(C)C)CC(=O)O)s1. The lowest BCUT2D eigenvalue weighted by Crippen LogP contribution is -2.34. The van der Waals surface area contributed by atoms with E-state index < -0.39 is 5.97 Å². The van der Waals surface area contributed by atoms with Gasteiger partial charge in [0, 0.05) is 29.4 Å². The van der Waals surface area contributed by atoms with Crippen LogP contribution in [0.4, 0.5) is 0 Å². The van der Waals surface area contributed by atoms with Gasteiger partial charge in [0.1, 0.15) is 0 Å². The number of aliphatic carboxylic acids is 1. The predicted molar refractivity (Wildman–Crippen MR) is 70.5 cm³/mol. The monoisotopic (exact) mass is 256 g/mol. The van der Waals surface area contributed by atoms with Crippen LogP contribution in [0.3, 0.4) is 0 Å². The highest BCUT2D eigenvalue weighted by Crippen LogP contribution is 2.16. The number of nitrogens with zero attached hydrogens (tertiary/aromatic N) is 2. The molecule has 0 amide bonds. The van der Waals surface area contributed by atoms with Crippen LogP contribution in [0.25, 0.3) is 0 Å². The molecule has 0 fully saturated rings. The summed E-state index contributed by atoms with van der Waals surface area (Å²) in [5.41, 5.74) is 0. The summed E-state index contributed by atoms with van der Waals surface area (Å²) in [6.07, 6.45) is 0. The van der Waals surface area contributed by atoms with Crippen molar-refractivity contribution in [1.82, 2.24) is 9.80 Å². The van der Waals surface area contributed by atoms with Crippen LogP contribution in [0.2, 0.25) is 0 Å². The highest BCUT2D eigenvalue weighted by Gasteiger charge is 2.11. The summed E-state index contributed by atoms with van der Waals surface area (Å²) in [4.78, 5) is 17.3. The van der Waals surface area contributed by atoms with E-state index in [0.29, 0.717) is 0 Å². The van der Waals surface area contributed by atoms with Crippen LogP contribution in [0.5, 0.6) is 0 Å². The minimum absolute atomic E-state index is 0.102. The number of rotatable bonds is 7. The molecule has 1 aromatic rings. The Morgan fingerprint density at radius 3 is 2.53 bits per heavy atom. The fraction of sp³-hybridized carbons (Fsp3) is 0.583. The first-order valence-corrected chi connectivity index (χ1v) is 6.43. The van der Waals surface area contributed by atoms with Gasteiger partial charge in [0.25, 0.3) is 0 Å². The van der Waals surface area contributed by atoms with Gasteiger partial charge in [0.05, 0.1) is 6.54 Å². The molecule has 1 N–H and O–H groups in total. The molecule has 0 aliphatic rings. The molecule has 0 aliphatic heterocycles. The molecule has 1 aromatic heterocycles. The van der Waals surface area contributed by atoms with E-state index in [0.717, 1.165) is 19.6 Å². The van der Waals surface area contributed by atoms with Crippen LogP contribution in [0.1, 0.15) is 9.75 Å². The van der Waals surface area contributed by atoms with E-state index in [1.807, 2.05) is 19.0 Å². The van der Waals surface area contributed by atoms with E-state index in [-0.39, 0.29) is 6.54 Å². The summed E-state index contributed by atoms with van der Waals surface area (Å²) in [7, 11) is 3.99. The summed E-state index contributed by atoms with van der Waals surface area (Å²) >= 11 is 1.73. The van der Waals surface area contributed by atoms with Gasteiger partial charge in [-0.05, 0) is 33.2 Å². The van der Waals surface area contributed by atoms with Crippen molar-refractivity contribution in [3.63, 3.8) is 0 Å². The van der Waals surface area contributed by atoms with Gasteiger partial charge in [-0.1, -0.05) is 0 Å². The van der Waals surface area contributed by atoms with Crippen molar-refractivity contribution in [3.8, 4) is 0 Å². The summed E-state index contributed by atoms with van der Waals surface area (Å²) in [5.74, 6) is -0.767. The molecular formula is C12H20N2O2S. The number of hydrogen-bond acceptors (Lipinski definition) is 4. The van der Waals surface area contributed by atoms with E-state index in [1.54, 1.807) is 11.3 Å². The number of aryl methyl sites for hydroxylation is 1. The molecule has 0 aliphatic carbocycles. The molecule has 0 spiro atoms. The maximum atomic E-state index is 10.8. The van der Waals surface area contributed by atoms with Gasteiger partial charge in [0.2, 0.25) is 0 Å². The van der Waals surface area contributed by atoms with E-state index in [4.69, 9.17) is 5.11 Å². The molecule has 0 aromatic carbocycles. The summed E-state index contributed by atoms with van der Waals surface area (Å²) in [6.45, 7) is 4.53. The topological polar surface area (TPSA) is 43.8 Å². The zero-order valence-corrected chi connectivity index (χ0v) is 11.5. The van der Waals surface area contributed by atoms with Crippen LogP contribution in [-0.4, -0.2) is 54.6 Å². The third-order valence-corrected chi connectivity index (χ3v) is 3.38. The Bertz CT molecular complexity index is 363. The van der Waals surface area contributed by atoms with Crippen molar-refractivity contribution in [2.75, 3.05) is 33.7 Å². The number of carboxylic acid groups (broad SMARTS) is 1. The average molecular weight is 256 g/mol. The molecule has 0 saturated carbocycles. The largest absolute Gasteiger partial charge is 0.480 e. The standard InChI is InChI=1S/C12H20N2O2S/c1-10-4-5-11(17-10)8-14(9-12(15)16)7-6-13(2)3/h4-5H,6-9H2,1-3H3,(H,15,16). The van der Waals surface area contributed by atoms with Gasteiger partial charge in [-0.15, -0.1) is 11.3 Å². The van der Waals surface area contributed by atoms with Crippen LogP contribution in [0, 0.1) is 6.92 Å². The molecule has 0 atom stereocenters. The van der Waals surface area contributed by atoms with Gasteiger partial charge < -0.3 is 10.0 Å². The molecule has 0 unspecified atom stereocenters. The Kier molecular flexibility index (Phi) is 5.61. The second-order valence-electron chi connectivity index (χ2n) is 4.42. The van der Waals surface area contributed by atoms with Gasteiger partial charge in [-0.3, -0.25) is 9.69 Å². The van der Waals surface area contributed by atoms with Gasteiger partial charge in [0.15, 0.2) is 0 Å². The van der Waals surface area contributed by atoms with Crippen molar-refractivity contribution < 1.29 is 9.90 Å². The van der Waals surface area contributed by atoms with Crippen molar-refractivity contribution >= 4 is 17.3 Å². The molecule has 0 bridgehead atoms. The van der Waals surface area contributed by atoms with Crippen LogP contribution >= 0.6 is 11.3 Å². The van der Waals surface area contributed by atoms with E-state index in [2.05, 4.69) is 24.0 Å². The fourth-order valence-corrected chi connectivity index (χ4v) is 2.47. The van der Waals surface area contributed by atoms with E-state index in [1.165, 1.54) is 9.75 Å². The lowest BCUT2D eigenvalue weighted by molar-refractivity contribution is -0.138. The van der Waals surface area contributed by atoms with Crippen LogP contribution in [0.15, 0.2) is 12.1 Å². The number of thiophene rings is 1. The third kappa shape index (κ3) is 5.81. The lowest BCUT2D eigenvalue weighted by atomic mass is 10.3. The minimum atomic E-state index is -0.767. The Balaban J connectivity index is 2.53. The van der Waals surface area contributed by atoms with Crippen LogP contribution < -0.4 is 0 Å². The molecule has 4 nitrogen and oxygen atoms in total. The maximum absolute atomic E-state index is 10.8. The first-order valence-electron chi connectivity index (χ1n) is 5.61. The number of likely N-dealkylation sites (N-methyl/N-ethyl adjacent to an activating group) is 1. The van der Waals surface area contributed by atoms with Crippen LogP contribution in [-0.2, 0) is 11.3 Å². The van der Waals surface area contributed by atoms with Crippen molar-refractivity contribution in [2.24, 2.45) is 0 Å². The molecule has 1 rings (SSSR count). The molecular weight excluding hydrogens is 236 g/mol. The molecule has 96 valence electrons. The first kappa shape index (κ1) is 14.2. The number of carbonyl (C=O) groups is 1. The second kappa shape index (κ2) is 6.74. The highest BCUT2D eigenvalue weighted by atomic mass is 32.1. The number of hydrogen-bond donors (Lipinski definition) is 1. The smallest absolute Gasteiger partial charge is 0.317 e. The normalized spacial score (nSPS) is 11.4. The summed E-state index contributed by atoms with van der Waals surface area (Å²) in [5, 5.41) is 8.88. The quantitative estimate of drug-likeness (QED) is 0.803. The minimum Gasteiger partial charge on any atom is -0.480 e. The van der Waals surface area contributed by atoms with E-state index >= 15 is 0 Å². The molecule has 0 saturated heterocycles.